The Morgan fingerprint density at radius 2 is 2.21 bits per heavy atom. The molecule has 1 atom stereocenters. The normalized spacial score (nSPS) is 23.8. The van der Waals surface area contributed by atoms with Gasteiger partial charge in [0.25, 0.3) is 0 Å². The lowest BCUT2D eigenvalue weighted by molar-refractivity contribution is -0.128. The summed E-state index contributed by atoms with van der Waals surface area (Å²) in [4.78, 5) is 17.9. The van der Waals surface area contributed by atoms with E-state index in [1.807, 2.05) is 41.9 Å². The molecule has 3 heterocycles. The average Bonchev–Trinajstić information content (AvgIpc) is 2.80. The lowest BCUT2D eigenvalue weighted by Crippen LogP contribution is -2.47. The summed E-state index contributed by atoms with van der Waals surface area (Å²) in [7, 11) is 1.65. The molecule has 5 nitrogen and oxygen atoms in total. The van der Waals surface area contributed by atoms with E-state index in [1.165, 1.54) is 4.90 Å². The van der Waals surface area contributed by atoms with Gasteiger partial charge < -0.3 is 10.1 Å². The summed E-state index contributed by atoms with van der Waals surface area (Å²) in [6.07, 6.45) is 4.32. The van der Waals surface area contributed by atoms with Gasteiger partial charge in [0.2, 0.25) is 5.91 Å². The number of aliphatic imine (C=N–C) groups is 1. The number of hydrogen-bond donors (Lipinski definition) is 1. The minimum atomic E-state index is -0.584. The summed E-state index contributed by atoms with van der Waals surface area (Å²) in [6, 6.07) is 8.03. The van der Waals surface area contributed by atoms with Gasteiger partial charge in [-0.3, -0.25) is 9.69 Å². The van der Waals surface area contributed by atoms with E-state index in [1.54, 1.807) is 7.05 Å². The number of nitrogens with zero attached hydrogens (tertiary/aromatic N) is 3. The Balaban J connectivity index is 2.12. The topological polar surface area (TPSA) is 63.1 Å². The number of rotatable bonds is 1. The van der Waals surface area contributed by atoms with Crippen molar-refractivity contribution in [2.24, 2.45) is 10.7 Å². The number of aromatic nitrogens is 1. The van der Waals surface area contributed by atoms with Crippen LogP contribution >= 0.6 is 0 Å². The zero-order valence-electron chi connectivity index (χ0n) is 11.0. The first-order chi connectivity index (χ1) is 8.99. The Morgan fingerprint density at radius 1 is 1.42 bits per heavy atom. The molecule has 19 heavy (non-hydrogen) atoms. The van der Waals surface area contributed by atoms with Crippen LogP contribution < -0.4 is 5.73 Å². The number of carbonyl (C=O) groups excluding carboxylic acids is 1. The SMILES string of the molecule is CN1C(=O)C[C@@](C)(c2cc3ccccn3c2)N=C1N. The highest BCUT2D eigenvalue weighted by molar-refractivity contribution is 5.98. The zero-order valence-corrected chi connectivity index (χ0v) is 11.0. The number of pyridine rings is 1. The summed E-state index contributed by atoms with van der Waals surface area (Å²) in [6.45, 7) is 1.94. The fraction of sp³-hybridized carbons (Fsp3) is 0.286. The molecule has 1 aliphatic rings. The van der Waals surface area contributed by atoms with Crippen LogP contribution in [0.4, 0.5) is 0 Å². The Morgan fingerprint density at radius 3 is 2.89 bits per heavy atom. The molecule has 0 fully saturated rings. The van der Waals surface area contributed by atoms with Crippen molar-refractivity contribution in [1.82, 2.24) is 9.30 Å². The summed E-state index contributed by atoms with van der Waals surface area (Å²) in [5, 5.41) is 0. The third-order valence-electron chi connectivity index (χ3n) is 3.70. The van der Waals surface area contributed by atoms with Crippen LogP contribution in [-0.4, -0.2) is 28.2 Å². The van der Waals surface area contributed by atoms with Crippen molar-refractivity contribution in [3.05, 3.63) is 42.2 Å². The van der Waals surface area contributed by atoms with Crippen LogP contribution in [0.3, 0.4) is 0 Å². The maximum Gasteiger partial charge on any atom is 0.231 e. The lowest BCUT2D eigenvalue weighted by Gasteiger charge is -2.32. The van der Waals surface area contributed by atoms with Crippen molar-refractivity contribution in [1.29, 1.82) is 0 Å². The van der Waals surface area contributed by atoms with E-state index < -0.39 is 5.54 Å². The van der Waals surface area contributed by atoms with Crippen LogP contribution in [0, 0.1) is 0 Å². The van der Waals surface area contributed by atoms with Crippen LogP contribution in [0.5, 0.6) is 0 Å². The number of carbonyl (C=O) groups is 1. The van der Waals surface area contributed by atoms with Gasteiger partial charge in [-0.2, -0.15) is 0 Å². The second-order valence-corrected chi connectivity index (χ2v) is 5.13. The number of nitrogens with two attached hydrogens (primary N) is 1. The summed E-state index contributed by atoms with van der Waals surface area (Å²) in [5.74, 6) is 0.263. The fourth-order valence-corrected chi connectivity index (χ4v) is 2.42. The molecule has 1 amide bonds. The van der Waals surface area contributed by atoms with Gasteiger partial charge in [0.15, 0.2) is 5.96 Å². The highest BCUT2D eigenvalue weighted by atomic mass is 16.2. The molecule has 0 saturated heterocycles. The highest BCUT2D eigenvalue weighted by Crippen LogP contribution is 2.33. The zero-order chi connectivity index (χ0) is 13.6. The maximum atomic E-state index is 12.0. The molecule has 0 radical (unpaired) electrons. The van der Waals surface area contributed by atoms with Crippen molar-refractivity contribution >= 4 is 17.4 Å². The molecule has 3 rings (SSSR count). The Labute approximate surface area is 111 Å². The predicted molar refractivity (Wildman–Crippen MR) is 73.8 cm³/mol. The molecule has 0 bridgehead atoms. The van der Waals surface area contributed by atoms with Crippen LogP contribution in [0.15, 0.2) is 41.7 Å². The van der Waals surface area contributed by atoms with Crippen LogP contribution in [0.2, 0.25) is 0 Å². The minimum absolute atomic E-state index is 0.00902. The van der Waals surface area contributed by atoms with E-state index in [4.69, 9.17) is 5.73 Å². The van der Waals surface area contributed by atoms with Crippen molar-refractivity contribution in [3.8, 4) is 0 Å². The van der Waals surface area contributed by atoms with E-state index >= 15 is 0 Å². The van der Waals surface area contributed by atoms with Gasteiger partial charge in [0.1, 0.15) is 0 Å². The molecule has 1 aliphatic heterocycles. The van der Waals surface area contributed by atoms with Crippen LogP contribution in [0.1, 0.15) is 18.9 Å². The standard InChI is InChI=1S/C14H16N4O/c1-14(8-12(19)17(2)13(15)16-14)10-7-11-5-3-4-6-18(11)9-10/h3-7,9H,8H2,1-2H3,(H2,15,16)/t14-/m0/s1. The van der Waals surface area contributed by atoms with Crippen LogP contribution in [0.25, 0.3) is 5.52 Å². The lowest BCUT2D eigenvalue weighted by atomic mass is 9.89. The molecule has 0 unspecified atom stereocenters. The number of amides is 1. The van der Waals surface area contributed by atoms with Gasteiger partial charge in [0, 0.05) is 25.0 Å². The third-order valence-corrected chi connectivity index (χ3v) is 3.70. The quantitative estimate of drug-likeness (QED) is 0.836. The van der Waals surface area contributed by atoms with Crippen molar-refractivity contribution in [2.45, 2.75) is 18.9 Å². The predicted octanol–water partition coefficient (Wildman–Crippen LogP) is 1.33. The molecule has 5 heteroatoms. The van der Waals surface area contributed by atoms with Gasteiger partial charge in [0.05, 0.1) is 12.0 Å². The van der Waals surface area contributed by atoms with E-state index in [2.05, 4.69) is 11.1 Å². The first kappa shape index (κ1) is 11.8. The average molecular weight is 256 g/mol. The molecule has 0 spiro atoms. The maximum absolute atomic E-state index is 12.0. The van der Waals surface area contributed by atoms with Gasteiger partial charge in [-0.1, -0.05) is 6.07 Å². The van der Waals surface area contributed by atoms with Gasteiger partial charge >= 0.3 is 0 Å². The van der Waals surface area contributed by atoms with Crippen molar-refractivity contribution < 1.29 is 4.79 Å². The molecular weight excluding hydrogens is 240 g/mol. The molecule has 0 saturated carbocycles. The number of hydrogen-bond acceptors (Lipinski definition) is 3. The second-order valence-electron chi connectivity index (χ2n) is 5.13. The molecule has 2 aromatic rings. The van der Waals surface area contributed by atoms with Crippen LogP contribution in [-0.2, 0) is 10.3 Å². The smallest absolute Gasteiger partial charge is 0.231 e. The van der Waals surface area contributed by atoms with Gasteiger partial charge in [-0.15, -0.1) is 0 Å². The summed E-state index contributed by atoms with van der Waals surface area (Å²) >= 11 is 0. The number of fused-ring (bicyclic) bond motifs is 1. The summed E-state index contributed by atoms with van der Waals surface area (Å²) < 4.78 is 2.02. The minimum Gasteiger partial charge on any atom is -0.369 e. The van der Waals surface area contributed by atoms with E-state index in [-0.39, 0.29) is 11.9 Å². The first-order valence-electron chi connectivity index (χ1n) is 6.19. The molecule has 98 valence electrons. The summed E-state index contributed by atoms with van der Waals surface area (Å²) in [5.41, 5.74) is 7.33. The third kappa shape index (κ3) is 1.78. The molecular formula is C14H16N4O. The van der Waals surface area contributed by atoms with Crippen molar-refractivity contribution in [3.63, 3.8) is 0 Å². The van der Waals surface area contributed by atoms with Crippen molar-refractivity contribution in [2.75, 3.05) is 7.05 Å². The van der Waals surface area contributed by atoms with E-state index in [0.717, 1.165) is 11.1 Å². The van der Waals surface area contributed by atoms with E-state index in [0.29, 0.717) is 6.42 Å². The first-order valence-corrected chi connectivity index (χ1v) is 6.19. The molecule has 2 N–H and O–H groups in total. The Bertz CT molecular complexity index is 655. The van der Waals surface area contributed by atoms with E-state index in [9.17, 15) is 4.79 Å². The molecule has 2 aromatic heterocycles. The molecule has 0 aromatic carbocycles. The van der Waals surface area contributed by atoms with Gasteiger partial charge in [-0.25, -0.2) is 4.99 Å². The fourth-order valence-electron chi connectivity index (χ4n) is 2.42. The molecule has 0 aliphatic carbocycles. The largest absolute Gasteiger partial charge is 0.369 e. The Kier molecular flexibility index (Phi) is 2.38. The highest BCUT2D eigenvalue weighted by Gasteiger charge is 2.36. The Hall–Kier alpha value is -2.30. The van der Waals surface area contributed by atoms with Gasteiger partial charge in [-0.05, 0) is 30.7 Å². The number of guanidine groups is 1. The monoisotopic (exact) mass is 256 g/mol. The second kappa shape index (κ2) is 3.85.